The number of pyridine rings is 1. The molecule has 0 spiro atoms. The SMILES string of the molecule is NC1(c2cccc3cccnc23)CCCCCC1. The van der Waals surface area contributed by atoms with Crippen molar-refractivity contribution >= 4 is 10.9 Å². The fraction of sp³-hybridized carbons (Fsp3) is 0.438. The zero-order valence-electron chi connectivity index (χ0n) is 10.7. The van der Waals surface area contributed by atoms with Gasteiger partial charge in [0.15, 0.2) is 0 Å². The zero-order valence-corrected chi connectivity index (χ0v) is 10.7. The van der Waals surface area contributed by atoms with Crippen LogP contribution in [0, 0.1) is 0 Å². The minimum Gasteiger partial charge on any atom is -0.321 e. The molecule has 0 aliphatic heterocycles. The van der Waals surface area contributed by atoms with Crippen LogP contribution in [0.5, 0.6) is 0 Å². The average molecular weight is 240 g/mol. The number of nitrogens with two attached hydrogens (primary N) is 1. The lowest BCUT2D eigenvalue weighted by molar-refractivity contribution is 0.388. The largest absolute Gasteiger partial charge is 0.321 e. The first-order chi connectivity index (χ1) is 8.80. The highest BCUT2D eigenvalue weighted by Crippen LogP contribution is 2.36. The van der Waals surface area contributed by atoms with E-state index in [4.69, 9.17) is 5.73 Å². The molecule has 1 aromatic heterocycles. The molecule has 3 rings (SSSR count). The van der Waals surface area contributed by atoms with Gasteiger partial charge in [-0.2, -0.15) is 0 Å². The van der Waals surface area contributed by atoms with Gasteiger partial charge in [0.05, 0.1) is 5.52 Å². The molecule has 0 saturated heterocycles. The van der Waals surface area contributed by atoms with Crippen LogP contribution >= 0.6 is 0 Å². The molecule has 0 radical (unpaired) electrons. The van der Waals surface area contributed by atoms with E-state index >= 15 is 0 Å². The van der Waals surface area contributed by atoms with Gasteiger partial charge in [-0.05, 0) is 24.5 Å². The Hall–Kier alpha value is -1.41. The molecule has 0 atom stereocenters. The minimum atomic E-state index is -0.176. The number of hydrogen-bond donors (Lipinski definition) is 1. The quantitative estimate of drug-likeness (QED) is 0.771. The number of rotatable bonds is 1. The van der Waals surface area contributed by atoms with Crippen molar-refractivity contribution in [2.24, 2.45) is 5.73 Å². The van der Waals surface area contributed by atoms with Crippen LogP contribution in [0.4, 0.5) is 0 Å². The molecule has 1 aliphatic rings. The van der Waals surface area contributed by atoms with Crippen molar-refractivity contribution in [3.8, 4) is 0 Å². The van der Waals surface area contributed by atoms with E-state index in [1.807, 2.05) is 12.3 Å². The maximum absolute atomic E-state index is 6.71. The Labute approximate surface area is 108 Å². The topological polar surface area (TPSA) is 38.9 Å². The molecule has 2 heteroatoms. The highest BCUT2D eigenvalue weighted by Gasteiger charge is 2.30. The Balaban J connectivity index is 2.12. The van der Waals surface area contributed by atoms with E-state index in [1.54, 1.807) is 0 Å². The molecule has 0 unspecified atom stereocenters. The Morgan fingerprint density at radius 1 is 0.944 bits per heavy atom. The van der Waals surface area contributed by atoms with E-state index in [9.17, 15) is 0 Å². The molecule has 1 aliphatic carbocycles. The standard InChI is InChI=1S/C16H20N2/c17-16(10-3-1-2-4-11-16)14-9-5-7-13-8-6-12-18-15(13)14/h5-9,12H,1-4,10-11,17H2. The number of fused-ring (bicyclic) bond motifs is 1. The fourth-order valence-corrected chi connectivity index (χ4v) is 3.13. The zero-order chi connectivity index (χ0) is 12.4. The van der Waals surface area contributed by atoms with Crippen molar-refractivity contribution in [1.82, 2.24) is 4.98 Å². The van der Waals surface area contributed by atoms with E-state index in [1.165, 1.54) is 36.6 Å². The van der Waals surface area contributed by atoms with Crippen molar-refractivity contribution in [1.29, 1.82) is 0 Å². The van der Waals surface area contributed by atoms with Crippen LogP contribution in [0.2, 0.25) is 0 Å². The van der Waals surface area contributed by atoms with Crippen molar-refractivity contribution in [3.05, 3.63) is 42.1 Å². The van der Waals surface area contributed by atoms with Gasteiger partial charge in [0.25, 0.3) is 0 Å². The van der Waals surface area contributed by atoms with Gasteiger partial charge in [-0.25, -0.2) is 0 Å². The van der Waals surface area contributed by atoms with Crippen molar-refractivity contribution in [2.75, 3.05) is 0 Å². The van der Waals surface area contributed by atoms with Gasteiger partial charge >= 0.3 is 0 Å². The summed E-state index contributed by atoms with van der Waals surface area (Å²) in [6, 6.07) is 10.5. The third kappa shape index (κ3) is 2.01. The average Bonchev–Trinajstić information content (AvgIpc) is 2.64. The maximum atomic E-state index is 6.71. The van der Waals surface area contributed by atoms with E-state index in [-0.39, 0.29) is 5.54 Å². The Bertz CT molecular complexity index is 534. The molecule has 2 N–H and O–H groups in total. The molecule has 2 aromatic rings. The number of nitrogens with zero attached hydrogens (tertiary/aromatic N) is 1. The van der Waals surface area contributed by atoms with Crippen molar-refractivity contribution in [2.45, 2.75) is 44.1 Å². The predicted molar refractivity (Wildman–Crippen MR) is 75.3 cm³/mol. The Morgan fingerprint density at radius 2 is 1.67 bits per heavy atom. The van der Waals surface area contributed by atoms with Gasteiger partial charge in [-0.1, -0.05) is 49.9 Å². The van der Waals surface area contributed by atoms with Crippen molar-refractivity contribution < 1.29 is 0 Å². The summed E-state index contributed by atoms with van der Waals surface area (Å²) in [7, 11) is 0. The summed E-state index contributed by atoms with van der Waals surface area (Å²) in [4.78, 5) is 4.55. The highest BCUT2D eigenvalue weighted by atomic mass is 14.8. The summed E-state index contributed by atoms with van der Waals surface area (Å²) in [5, 5.41) is 1.20. The molecule has 2 nitrogen and oxygen atoms in total. The number of hydrogen-bond acceptors (Lipinski definition) is 2. The Kier molecular flexibility index (Phi) is 3.04. The normalized spacial score (nSPS) is 19.6. The molecule has 94 valence electrons. The smallest absolute Gasteiger partial charge is 0.0752 e. The van der Waals surface area contributed by atoms with Crippen LogP contribution in [-0.2, 0) is 5.54 Å². The second kappa shape index (κ2) is 4.69. The molecule has 1 aromatic carbocycles. The second-order valence-electron chi connectivity index (χ2n) is 5.45. The number of benzene rings is 1. The van der Waals surface area contributed by atoms with Gasteiger partial charge in [-0.3, -0.25) is 4.98 Å². The molecule has 1 heterocycles. The molecule has 1 saturated carbocycles. The first kappa shape index (κ1) is 11.7. The predicted octanol–water partition coefficient (Wildman–Crippen LogP) is 3.74. The van der Waals surface area contributed by atoms with E-state index < -0.39 is 0 Å². The molecule has 0 amide bonds. The van der Waals surface area contributed by atoms with Gasteiger partial charge in [0.1, 0.15) is 0 Å². The first-order valence-corrected chi connectivity index (χ1v) is 6.93. The van der Waals surface area contributed by atoms with Gasteiger partial charge in [-0.15, -0.1) is 0 Å². The second-order valence-corrected chi connectivity index (χ2v) is 5.45. The monoisotopic (exact) mass is 240 g/mol. The minimum absolute atomic E-state index is 0.176. The summed E-state index contributed by atoms with van der Waals surface area (Å²) in [6.45, 7) is 0. The molecular weight excluding hydrogens is 220 g/mol. The summed E-state index contributed by atoms with van der Waals surface area (Å²) < 4.78 is 0. The lowest BCUT2D eigenvalue weighted by Crippen LogP contribution is -2.36. The van der Waals surface area contributed by atoms with Crippen LogP contribution in [0.15, 0.2) is 36.5 Å². The third-order valence-corrected chi connectivity index (χ3v) is 4.16. The van der Waals surface area contributed by atoms with E-state index in [2.05, 4.69) is 29.2 Å². The highest BCUT2D eigenvalue weighted by molar-refractivity contribution is 5.82. The molecule has 1 fully saturated rings. The summed E-state index contributed by atoms with van der Waals surface area (Å²) in [6.07, 6.45) is 9.14. The van der Waals surface area contributed by atoms with Crippen LogP contribution < -0.4 is 5.73 Å². The number of aromatic nitrogens is 1. The lowest BCUT2D eigenvalue weighted by atomic mass is 9.82. The summed E-state index contributed by atoms with van der Waals surface area (Å²) in [5.41, 5.74) is 8.86. The van der Waals surface area contributed by atoms with Crippen LogP contribution in [0.3, 0.4) is 0 Å². The lowest BCUT2D eigenvalue weighted by Gasteiger charge is -2.29. The number of para-hydroxylation sites is 1. The molecular formula is C16H20N2. The van der Waals surface area contributed by atoms with Crippen LogP contribution in [0.25, 0.3) is 10.9 Å². The third-order valence-electron chi connectivity index (χ3n) is 4.16. The maximum Gasteiger partial charge on any atom is 0.0752 e. The Morgan fingerprint density at radius 3 is 2.44 bits per heavy atom. The molecule has 0 bridgehead atoms. The van der Waals surface area contributed by atoms with Crippen molar-refractivity contribution in [3.63, 3.8) is 0 Å². The summed E-state index contributed by atoms with van der Waals surface area (Å²) >= 11 is 0. The van der Waals surface area contributed by atoms with Gasteiger partial charge in [0, 0.05) is 17.1 Å². The van der Waals surface area contributed by atoms with Crippen LogP contribution in [-0.4, -0.2) is 4.98 Å². The van der Waals surface area contributed by atoms with Crippen LogP contribution in [0.1, 0.15) is 44.1 Å². The van der Waals surface area contributed by atoms with Gasteiger partial charge in [0.2, 0.25) is 0 Å². The summed E-state index contributed by atoms with van der Waals surface area (Å²) in [5.74, 6) is 0. The van der Waals surface area contributed by atoms with Gasteiger partial charge < -0.3 is 5.73 Å². The first-order valence-electron chi connectivity index (χ1n) is 6.93. The fourth-order valence-electron chi connectivity index (χ4n) is 3.13. The molecule has 18 heavy (non-hydrogen) atoms. The van der Waals surface area contributed by atoms with E-state index in [0.29, 0.717) is 0 Å². The van der Waals surface area contributed by atoms with E-state index in [0.717, 1.165) is 18.4 Å².